The molecule has 6 nitrogen and oxygen atoms in total. The molecule has 0 bridgehead atoms. The van der Waals surface area contributed by atoms with Gasteiger partial charge < -0.3 is 0 Å². The number of aliphatic carboxylic acids is 1. The summed E-state index contributed by atoms with van der Waals surface area (Å²) in [6, 6.07) is 5.57. The second-order valence-corrected chi connectivity index (χ2v) is 10.6. The number of methoxy groups -OCH3 is 1. The molecule has 1 aromatic carbocycles. The number of carbonyl (C=O) groups is 2. The van der Waals surface area contributed by atoms with Crippen molar-refractivity contribution in [3.8, 4) is 11.5 Å². The molecule has 1 aromatic rings. The van der Waals surface area contributed by atoms with Crippen molar-refractivity contribution in [2.75, 3.05) is 7.11 Å². The number of benzene rings is 1. The summed E-state index contributed by atoms with van der Waals surface area (Å²) in [4.78, 5) is 23.5. The normalized spacial score (nSPS) is 16.3. The van der Waals surface area contributed by atoms with E-state index in [-0.39, 0.29) is 23.2 Å². The van der Waals surface area contributed by atoms with Gasteiger partial charge in [-0.25, -0.2) is 0 Å². The van der Waals surface area contributed by atoms with Gasteiger partial charge in [0, 0.05) is 0 Å². The fourth-order valence-electron chi connectivity index (χ4n) is 3.26. The van der Waals surface area contributed by atoms with Crippen molar-refractivity contribution in [2.45, 2.75) is 75.7 Å². The topological polar surface area (TPSA) is 82.1 Å². The third-order valence-corrected chi connectivity index (χ3v) is 6.85. The van der Waals surface area contributed by atoms with Gasteiger partial charge in [0.2, 0.25) is 0 Å². The monoisotopic (exact) mass is 454 g/mol. The molecule has 2 atom stereocenters. The van der Waals surface area contributed by atoms with Gasteiger partial charge in [0.05, 0.1) is 0 Å². The molecule has 0 amide bonds. The van der Waals surface area contributed by atoms with Gasteiger partial charge in [0.1, 0.15) is 0 Å². The van der Waals surface area contributed by atoms with E-state index in [1.54, 1.807) is 7.11 Å². The molecule has 1 fully saturated rings. The van der Waals surface area contributed by atoms with Crippen LogP contribution in [0.25, 0.3) is 0 Å². The molecular weight excluding hydrogens is 423 g/mol. The molecule has 0 heterocycles. The molecule has 156 valence electrons. The van der Waals surface area contributed by atoms with E-state index >= 15 is 0 Å². The van der Waals surface area contributed by atoms with Crippen LogP contribution in [0.1, 0.15) is 64.4 Å². The van der Waals surface area contributed by atoms with Crippen LogP contribution in [0.3, 0.4) is 0 Å². The van der Waals surface area contributed by atoms with E-state index in [0.717, 1.165) is 31.2 Å². The Morgan fingerprint density at radius 3 is 2.46 bits per heavy atom. The first-order chi connectivity index (χ1) is 13.2. The Morgan fingerprint density at radius 2 is 1.89 bits per heavy atom. The number of carboxylic acid groups (broad SMARTS) is 1. The number of carbonyl (C=O) groups excluding carboxylic acids is 1. The third kappa shape index (κ3) is 7.38. The summed E-state index contributed by atoms with van der Waals surface area (Å²) >= 11 is -1.08. The molecule has 0 aromatic heterocycles. The van der Waals surface area contributed by atoms with Crippen molar-refractivity contribution >= 4 is 26.5 Å². The van der Waals surface area contributed by atoms with Gasteiger partial charge in [-0.15, -0.1) is 0 Å². The van der Waals surface area contributed by atoms with Crippen LogP contribution < -0.4 is 9.47 Å². The number of hydrogen-bond acceptors (Lipinski definition) is 5. The molecule has 2 rings (SSSR count). The molecule has 7 heteroatoms. The molecule has 1 N–H and O–H groups in total. The minimum atomic E-state index is -1.08. The summed E-state index contributed by atoms with van der Waals surface area (Å²) in [5, 5.41) is 9.86. The standard InChI is InChI=1S/C21H31AsO6/c1-21(2,3)28-20(25)22-13-15(12-19(23)24)14-9-10-17(26-4)18(11-14)27-16-7-5-6-8-16/h9-11,15-16,22H,5-8,12-13H2,1-4H3,(H,23,24)/t15-/m1/s1. The molecule has 28 heavy (non-hydrogen) atoms. The Labute approximate surface area is 173 Å². The van der Waals surface area contributed by atoms with E-state index in [4.69, 9.17) is 14.2 Å². The van der Waals surface area contributed by atoms with Crippen molar-refractivity contribution in [2.24, 2.45) is 0 Å². The zero-order chi connectivity index (χ0) is 20.7. The van der Waals surface area contributed by atoms with Crippen molar-refractivity contribution in [3.63, 3.8) is 0 Å². The molecule has 1 aliphatic rings. The fraction of sp³-hybridized carbons (Fsp3) is 0.619. The summed E-state index contributed by atoms with van der Waals surface area (Å²) in [6.45, 7) is 5.51. The second kappa shape index (κ2) is 10.2. The molecule has 0 spiro atoms. The maximum absolute atomic E-state index is 12.1. The first kappa shape index (κ1) is 22.6. The van der Waals surface area contributed by atoms with Gasteiger partial charge in [-0.1, -0.05) is 0 Å². The van der Waals surface area contributed by atoms with Crippen molar-refractivity contribution in [1.82, 2.24) is 0 Å². The zero-order valence-corrected chi connectivity index (χ0v) is 19.2. The Kier molecular flexibility index (Phi) is 8.23. The predicted octanol–water partition coefficient (Wildman–Crippen LogP) is 4.36. The first-order valence-electron chi connectivity index (χ1n) is 9.71. The van der Waals surface area contributed by atoms with E-state index in [2.05, 4.69) is 0 Å². The number of ether oxygens (including phenoxy) is 3. The Bertz CT molecular complexity index is 676. The van der Waals surface area contributed by atoms with Crippen LogP contribution >= 0.6 is 0 Å². The van der Waals surface area contributed by atoms with Gasteiger partial charge in [-0.05, 0) is 0 Å². The van der Waals surface area contributed by atoms with Crippen molar-refractivity contribution in [1.29, 1.82) is 0 Å². The van der Waals surface area contributed by atoms with Crippen LogP contribution in [0.2, 0.25) is 5.21 Å². The van der Waals surface area contributed by atoms with Crippen molar-refractivity contribution < 1.29 is 28.9 Å². The Morgan fingerprint density at radius 1 is 1.21 bits per heavy atom. The van der Waals surface area contributed by atoms with Crippen LogP contribution in [-0.2, 0) is 9.53 Å². The number of rotatable bonds is 9. The summed E-state index contributed by atoms with van der Waals surface area (Å²) in [5.41, 5.74) is 0.342. The molecule has 1 aliphatic carbocycles. The summed E-state index contributed by atoms with van der Waals surface area (Å²) in [7, 11) is 1.60. The zero-order valence-electron chi connectivity index (χ0n) is 17.1. The van der Waals surface area contributed by atoms with Crippen LogP contribution in [0.5, 0.6) is 11.5 Å². The van der Waals surface area contributed by atoms with Gasteiger partial charge >= 0.3 is 173 Å². The van der Waals surface area contributed by atoms with E-state index in [1.807, 2.05) is 39.0 Å². The van der Waals surface area contributed by atoms with E-state index < -0.39 is 27.3 Å². The van der Waals surface area contributed by atoms with Gasteiger partial charge in [0.15, 0.2) is 0 Å². The Hall–Kier alpha value is -1.68. The van der Waals surface area contributed by atoms with Gasteiger partial charge in [0.25, 0.3) is 0 Å². The van der Waals surface area contributed by atoms with E-state index in [0.29, 0.717) is 16.7 Å². The van der Waals surface area contributed by atoms with Crippen LogP contribution in [-0.4, -0.2) is 50.4 Å². The van der Waals surface area contributed by atoms with Crippen LogP contribution in [0.4, 0.5) is 4.79 Å². The fourth-order valence-corrected chi connectivity index (χ4v) is 5.72. The van der Waals surface area contributed by atoms with Crippen molar-refractivity contribution in [3.05, 3.63) is 23.8 Å². The summed E-state index contributed by atoms with van der Waals surface area (Å²) in [5.74, 6) is 0.171. The first-order valence-corrected chi connectivity index (χ1v) is 12.2. The van der Waals surface area contributed by atoms with Gasteiger partial charge in [-0.2, -0.15) is 0 Å². The van der Waals surface area contributed by atoms with Crippen LogP contribution in [0, 0.1) is 0 Å². The SMILES string of the molecule is COc1ccc([C@@H](C[AsH]C(=O)OC(C)(C)C)CC(=O)O)cc1OC1CCCC1. The molecular formula is C21H31AsO6. The minimum absolute atomic E-state index is 0.0263. The van der Waals surface area contributed by atoms with Gasteiger partial charge in [-0.3, -0.25) is 0 Å². The molecule has 1 saturated carbocycles. The Balaban J connectivity index is 2.14. The summed E-state index contributed by atoms with van der Waals surface area (Å²) < 4.78 is 16.8. The molecule has 0 aliphatic heterocycles. The third-order valence-electron chi connectivity index (χ3n) is 4.57. The van der Waals surface area contributed by atoms with E-state index in [9.17, 15) is 14.7 Å². The van der Waals surface area contributed by atoms with E-state index in [1.165, 1.54) is 0 Å². The predicted molar refractivity (Wildman–Crippen MR) is 109 cm³/mol. The average Bonchev–Trinajstić information content (AvgIpc) is 3.09. The number of hydrogen-bond donors (Lipinski definition) is 1. The van der Waals surface area contributed by atoms with Crippen LogP contribution in [0.15, 0.2) is 18.2 Å². The maximum atomic E-state index is 12.1. The quantitative estimate of drug-likeness (QED) is 0.559. The molecule has 1 unspecified atom stereocenters. The number of carboxylic acids is 1. The molecule has 0 radical (unpaired) electrons. The second-order valence-electron chi connectivity index (χ2n) is 8.11. The average molecular weight is 454 g/mol. The molecule has 0 saturated heterocycles. The summed E-state index contributed by atoms with van der Waals surface area (Å²) in [6.07, 6.45) is 4.52.